The number of aromatic amines is 1. The summed E-state index contributed by atoms with van der Waals surface area (Å²) in [5, 5.41) is 21.0. The fourth-order valence-electron chi connectivity index (χ4n) is 5.35. The van der Waals surface area contributed by atoms with Gasteiger partial charge in [-0.05, 0) is 49.4 Å². The van der Waals surface area contributed by atoms with Gasteiger partial charge in [-0.25, -0.2) is 0 Å². The Balaban J connectivity index is 1.68. The molecule has 4 aliphatic rings. The van der Waals surface area contributed by atoms with E-state index in [0.29, 0.717) is 29.7 Å². The van der Waals surface area contributed by atoms with Crippen LogP contribution in [0, 0.1) is 11.8 Å². The number of aliphatic hydroxyl groups excluding tert-OH is 1. The van der Waals surface area contributed by atoms with Gasteiger partial charge in [0.05, 0.1) is 6.04 Å². The van der Waals surface area contributed by atoms with Crippen LogP contribution in [-0.4, -0.2) is 39.3 Å². The number of aliphatic hydroxyl groups is 1. The highest BCUT2D eigenvalue weighted by Gasteiger charge is 2.52. The highest BCUT2D eigenvalue weighted by molar-refractivity contribution is 5.86. The number of H-pyrrole nitrogens is 1. The average Bonchev–Trinajstić information content (AvgIpc) is 2.92. The van der Waals surface area contributed by atoms with E-state index in [2.05, 4.69) is 22.9 Å². The zero-order chi connectivity index (χ0) is 15.7. The summed E-state index contributed by atoms with van der Waals surface area (Å²) in [4.78, 5) is 6.21. The van der Waals surface area contributed by atoms with E-state index in [1.54, 1.807) is 6.07 Å². The monoisotopic (exact) mass is 310 g/mol. The minimum Gasteiger partial charge on any atom is -0.508 e. The van der Waals surface area contributed by atoms with Crippen molar-refractivity contribution < 1.29 is 10.2 Å². The topological polar surface area (TPSA) is 59.5 Å². The molecule has 2 unspecified atom stereocenters. The molecule has 4 nitrogen and oxygen atoms in total. The first-order valence-electron chi connectivity index (χ1n) is 8.56. The molecule has 1 aromatic carbocycles. The van der Waals surface area contributed by atoms with Gasteiger partial charge in [-0.2, -0.15) is 0 Å². The van der Waals surface area contributed by atoms with Crippen LogP contribution in [0.15, 0.2) is 29.8 Å². The second-order valence-corrected chi connectivity index (χ2v) is 7.26. The van der Waals surface area contributed by atoms with Crippen LogP contribution in [0.5, 0.6) is 5.75 Å². The van der Waals surface area contributed by atoms with E-state index in [1.807, 2.05) is 12.1 Å². The van der Waals surface area contributed by atoms with Crippen molar-refractivity contribution in [1.82, 2.24) is 9.88 Å². The minimum atomic E-state index is 0.263. The fourth-order valence-corrected chi connectivity index (χ4v) is 5.35. The molecular weight excluding hydrogens is 288 g/mol. The summed E-state index contributed by atoms with van der Waals surface area (Å²) in [5.41, 5.74) is 5.29. The van der Waals surface area contributed by atoms with Crippen molar-refractivity contribution in [2.24, 2.45) is 11.8 Å². The highest BCUT2D eigenvalue weighted by atomic mass is 16.3. The van der Waals surface area contributed by atoms with Crippen molar-refractivity contribution in [1.29, 1.82) is 0 Å². The standard InChI is InChI=1S/C19H22N2O2/c1-2-10-8-21-17-7-14-13-5-11(23)3-4-16(13)20-19(14)18(21)6-12(10)15(17)9-22/h2-5,12,15,17-18,20,22-23H,6-9H2,1H3/b10-2-/t12-,15?,17-,18-/m0/s1. The number of hydrogen-bond donors (Lipinski definition) is 3. The number of rotatable bonds is 1. The number of phenolic OH excluding ortho intramolecular Hbond substituents is 1. The van der Waals surface area contributed by atoms with Gasteiger partial charge in [0.1, 0.15) is 5.75 Å². The summed E-state index contributed by atoms with van der Waals surface area (Å²) >= 11 is 0. The summed E-state index contributed by atoms with van der Waals surface area (Å²) in [7, 11) is 0. The number of nitrogens with zero attached hydrogens (tertiary/aromatic N) is 1. The lowest BCUT2D eigenvalue weighted by molar-refractivity contribution is -0.0503. The van der Waals surface area contributed by atoms with Crippen molar-refractivity contribution in [3.63, 3.8) is 0 Å². The first-order valence-corrected chi connectivity index (χ1v) is 8.56. The van der Waals surface area contributed by atoms with E-state index in [0.717, 1.165) is 30.3 Å². The molecule has 5 atom stereocenters. The second-order valence-electron chi connectivity index (χ2n) is 7.26. The van der Waals surface area contributed by atoms with E-state index < -0.39 is 0 Å². The van der Waals surface area contributed by atoms with Crippen LogP contribution in [0.25, 0.3) is 10.9 Å². The van der Waals surface area contributed by atoms with Gasteiger partial charge in [0.25, 0.3) is 0 Å². The molecule has 5 heterocycles. The Morgan fingerprint density at radius 3 is 3.04 bits per heavy atom. The maximum atomic E-state index is 9.99. The van der Waals surface area contributed by atoms with Gasteiger partial charge < -0.3 is 15.2 Å². The van der Waals surface area contributed by atoms with Crippen LogP contribution >= 0.6 is 0 Å². The number of aromatic nitrogens is 1. The molecule has 3 saturated heterocycles. The molecule has 4 aliphatic heterocycles. The zero-order valence-electron chi connectivity index (χ0n) is 13.3. The van der Waals surface area contributed by atoms with Gasteiger partial charge in [-0.15, -0.1) is 0 Å². The molecule has 3 N–H and O–H groups in total. The molecule has 23 heavy (non-hydrogen) atoms. The lowest BCUT2D eigenvalue weighted by Gasteiger charge is -2.58. The SMILES string of the molecule is C/C=C1/CN2[C@H]3C[C@@H]1C(CO)[C@@H]2Cc1c3[nH]c2ccc(O)cc12. The first-order chi connectivity index (χ1) is 11.2. The van der Waals surface area contributed by atoms with Crippen LogP contribution in [0.1, 0.15) is 30.6 Å². The summed E-state index contributed by atoms with van der Waals surface area (Å²) in [6, 6.07) is 6.44. The lowest BCUT2D eigenvalue weighted by atomic mass is 9.64. The third-order valence-electron chi connectivity index (χ3n) is 6.41. The second kappa shape index (κ2) is 4.62. The summed E-state index contributed by atoms with van der Waals surface area (Å²) < 4.78 is 0. The number of allylic oxidation sites excluding steroid dienone is 1. The molecule has 2 aromatic rings. The largest absolute Gasteiger partial charge is 0.508 e. The Morgan fingerprint density at radius 1 is 1.39 bits per heavy atom. The molecule has 6 rings (SSSR count). The number of benzene rings is 1. The van der Waals surface area contributed by atoms with Gasteiger partial charge in [-0.3, -0.25) is 4.90 Å². The Kier molecular flexibility index (Phi) is 2.74. The fraction of sp³-hybridized carbons (Fsp3) is 0.474. The van der Waals surface area contributed by atoms with Crippen LogP contribution < -0.4 is 0 Å². The summed E-state index contributed by atoms with van der Waals surface area (Å²) in [5.74, 6) is 1.17. The van der Waals surface area contributed by atoms with Gasteiger partial charge in [0.15, 0.2) is 0 Å². The van der Waals surface area contributed by atoms with Crippen LogP contribution in [0.4, 0.5) is 0 Å². The summed E-state index contributed by atoms with van der Waals surface area (Å²) in [6.07, 6.45) is 4.31. The van der Waals surface area contributed by atoms with E-state index in [1.165, 1.54) is 16.8 Å². The van der Waals surface area contributed by atoms with Crippen LogP contribution in [0.3, 0.4) is 0 Å². The molecule has 1 aromatic heterocycles. The Hall–Kier alpha value is -1.78. The zero-order valence-corrected chi connectivity index (χ0v) is 13.3. The Bertz CT molecular complexity index is 822. The van der Waals surface area contributed by atoms with Gasteiger partial charge in [0, 0.05) is 41.7 Å². The molecule has 0 amide bonds. The van der Waals surface area contributed by atoms with E-state index in [4.69, 9.17) is 0 Å². The number of phenols is 1. The Labute approximate surface area is 135 Å². The van der Waals surface area contributed by atoms with Gasteiger partial charge in [0.2, 0.25) is 0 Å². The molecule has 0 aliphatic carbocycles. The molecule has 3 fully saturated rings. The molecule has 0 radical (unpaired) electrons. The predicted octanol–water partition coefficient (Wildman–Crippen LogP) is 2.73. The van der Waals surface area contributed by atoms with Gasteiger partial charge >= 0.3 is 0 Å². The third kappa shape index (κ3) is 1.68. The quantitative estimate of drug-likeness (QED) is 0.710. The normalized spacial score (nSPS) is 36.6. The maximum Gasteiger partial charge on any atom is 0.116 e. The average molecular weight is 310 g/mol. The highest BCUT2D eigenvalue weighted by Crippen LogP contribution is 2.54. The number of piperidine rings is 3. The molecule has 4 bridgehead atoms. The van der Waals surface area contributed by atoms with E-state index in [-0.39, 0.29) is 6.61 Å². The molecule has 120 valence electrons. The number of nitrogens with one attached hydrogen (secondary N) is 1. The third-order valence-corrected chi connectivity index (χ3v) is 6.41. The smallest absolute Gasteiger partial charge is 0.116 e. The van der Waals surface area contributed by atoms with Crippen LogP contribution in [-0.2, 0) is 6.42 Å². The van der Waals surface area contributed by atoms with Crippen molar-refractivity contribution in [2.45, 2.75) is 31.8 Å². The number of aromatic hydroxyl groups is 1. The molecular formula is C19H22N2O2. The lowest BCUT2D eigenvalue weighted by Crippen LogP contribution is -2.60. The minimum absolute atomic E-state index is 0.263. The van der Waals surface area contributed by atoms with Crippen molar-refractivity contribution in [3.05, 3.63) is 41.1 Å². The van der Waals surface area contributed by atoms with Crippen molar-refractivity contribution >= 4 is 10.9 Å². The van der Waals surface area contributed by atoms with Gasteiger partial charge in [-0.1, -0.05) is 11.6 Å². The summed E-state index contributed by atoms with van der Waals surface area (Å²) in [6.45, 7) is 3.42. The van der Waals surface area contributed by atoms with E-state index in [9.17, 15) is 10.2 Å². The maximum absolute atomic E-state index is 9.99. The first kappa shape index (κ1) is 13.6. The molecule has 0 spiro atoms. The molecule has 0 saturated carbocycles. The van der Waals surface area contributed by atoms with Crippen molar-refractivity contribution in [3.8, 4) is 5.75 Å². The molecule has 4 heteroatoms. The van der Waals surface area contributed by atoms with E-state index >= 15 is 0 Å². The number of hydrogen-bond acceptors (Lipinski definition) is 3. The Morgan fingerprint density at radius 2 is 2.26 bits per heavy atom. The number of fused-ring (bicyclic) bond motifs is 4. The predicted molar refractivity (Wildman–Crippen MR) is 89.3 cm³/mol. The van der Waals surface area contributed by atoms with Crippen LogP contribution in [0.2, 0.25) is 0 Å². The van der Waals surface area contributed by atoms with Crippen molar-refractivity contribution in [2.75, 3.05) is 13.2 Å².